The van der Waals surface area contributed by atoms with Gasteiger partial charge in [0.25, 0.3) is 0 Å². The van der Waals surface area contributed by atoms with Crippen molar-refractivity contribution in [3.63, 3.8) is 0 Å². The minimum atomic E-state index is -0.248. The molecule has 1 heterocycles. The molecule has 0 saturated carbocycles. The van der Waals surface area contributed by atoms with E-state index in [0.717, 1.165) is 29.1 Å². The second-order valence-corrected chi connectivity index (χ2v) is 5.88. The van der Waals surface area contributed by atoms with Crippen molar-refractivity contribution in [2.75, 3.05) is 19.0 Å². The van der Waals surface area contributed by atoms with Crippen LogP contribution in [0.2, 0.25) is 0 Å². The minimum Gasteiger partial charge on any atom is -0.382 e. The number of hydrogen-bond donors (Lipinski definition) is 1. The summed E-state index contributed by atoms with van der Waals surface area (Å²) in [7, 11) is 0. The van der Waals surface area contributed by atoms with Crippen molar-refractivity contribution < 1.29 is 13.9 Å². The number of thioether (sulfide) groups is 1. The second-order valence-electron chi connectivity index (χ2n) is 4.74. The molecule has 2 rings (SSSR count). The molecule has 0 aromatic heterocycles. The molecule has 0 unspecified atom stereocenters. The summed E-state index contributed by atoms with van der Waals surface area (Å²) in [6.45, 7) is 3.22. The van der Waals surface area contributed by atoms with Gasteiger partial charge in [-0.1, -0.05) is 0 Å². The molecular weight excluding hydrogens is 277 g/mol. The third kappa shape index (κ3) is 4.21. The van der Waals surface area contributed by atoms with E-state index in [0.29, 0.717) is 19.6 Å². The maximum Gasteiger partial charge on any atom is 0.220 e. The Bertz CT molecular complexity index is 467. The molecule has 1 atom stereocenters. The summed E-state index contributed by atoms with van der Waals surface area (Å²) in [5.74, 6) is 0.710. The Kier molecular flexibility index (Phi) is 5.86. The van der Waals surface area contributed by atoms with Crippen LogP contribution in [0.15, 0.2) is 23.1 Å². The number of rotatable bonds is 6. The third-order valence-corrected chi connectivity index (χ3v) is 4.37. The Morgan fingerprint density at radius 1 is 1.55 bits per heavy atom. The first kappa shape index (κ1) is 15.3. The topological polar surface area (TPSA) is 38.3 Å². The zero-order chi connectivity index (χ0) is 14.4. The molecule has 1 aliphatic rings. The van der Waals surface area contributed by atoms with E-state index >= 15 is 0 Å². The lowest BCUT2D eigenvalue weighted by molar-refractivity contribution is -0.122. The number of carbonyl (C=O) groups excluding carboxylic acids is 1. The number of carbonyl (C=O) groups is 1. The van der Waals surface area contributed by atoms with Crippen molar-refractivity contribution in [2.45, 2.75) is 37.1 Å². The molecule has 1 aliphatic heterocycles. The van der Waals surface area contributed by atoms with Gasteiger partial charge in [0.05, 0.1) is 6.04 Å². The average Bonchev–Trinajstić information content (AvgIpc) is 2.44. The molecule has 0 fully saturated rings. The van der Waals surface area contributed by atoms with Gasteiger partial charge < -0.3 is 10.1 Å². The van der Waals surface area contributed by atoms with Crippen LogP contribution in [-0.4, -0.2) is 24.9 Å². The average molecular weight is 297 g/mol. The zero-order valence-corrected chi connectivity index (χ0v) is 12.5. The fraction of sp³-hybridized carbons (Fsp3) is 0.533. The van der Waals surface area contributed by atoms with Crippen molar-refractivity contribution in [1.82, 2.24) is 5.32 Å². The molecule has 1 amide bonds. The van der Waals surface area contributed by atoms with Crippen LogP contribution in [0.3, 0.4) is 0 Å². The molecule has 1 aromatic carbocycles. The van der Waals surface area contributed by atoms with E-state index < -0.39 is 0 Å². The Balaban J connectivity index is 1.91. The van der Waals surface area contributed by atoms with Gasteiger partial charge in [-0.2, -0.15) is 0 Å². The van der Waals surface area contributed by atoms with Crippen LogP contribution in [0.5, 0.6) is 0 Å². The molecule has 1 N–H and O–H groups in total. The number of fused-ring (bicyclic) bond motifs is 1. The van der Waals surface area contributed by atoms with E-state index in [1.807, 2.05) is 6.92 Å². The molecule has 1 aromatic rings. The monoisotopic (exact) mass is 297 g/mol. The second kappa shape index (κ2) is 7.64. The van der Waals surface area contributed by atoms with Crippen LogP contribution in [0, 0.1) is 5.82 Å². The largest absolute Gasteiger partial charge is 0.382 e. The van der Waals surface area contributed by atoms with Gasteiger partial charge in [0, 0.05) is 30.3 Å². The number of benzene rings is 1. The van der Waals surface area contributed by atoms with E-state index in [1.165, 1.54) is 12.1 Å². The van der Waals surface area contributed by atoms with Crippen LogP contribution in [0.4, 0.5) is 4.39 Å². The normalized spacial score (nSPS) is 17.6. The van der Waals surface area contributed by atoms with E-state index in [-0.39, 0.29) is 17.8 Å². The molecule has 0 spiro atoms. The molecule has 5 heteroatoms. The first-order chi connectivity index (χ1) is 9.70. The summed E-state index contributed by atoms with van der Waals surface area (Å²) in [5.41, 5.74) is 0.902. The molecule has 20 heavy (non-hydrogen) atoms. The van der Waals surface area contributed by atoms with Crippen molar-refractivity contribution >= 4 is 17.7 Å². The third-order valence-electron chi connectivity index (χ3n) is 3.24. The number of amides is 1. The Hall–Kier alpha value is -1.07. The summed E-state index contributed by atoms with van der Waals surface area (Å²) in [6, 6.07) is 4.73. The van der Waals surface area contributed by atoms with Crippen LogP contribution < -0.4 is 5.32 Å². The van der Waals surface area contributed by atoms with Crippen molar-refractivity contribution in [3.05, 3.63) is 29.6 Å². The Labute approximate surface area is 123 Å². The smallest absolute Gasteiger partial charge is 0.220 e. The van der Waals surface area contributed by atoms with Gasteiger partial charge in [-0.15, -0.1) is 11.8 Å². The van der Waals surface area contributed by atoms with Crippen LogP contribution in [-0.2, 0) is 9.53 Å². The van der Waals surface area contributed by atoms with Crippen LogP contribution in [0.1, 0.15) is 37.8 Å². The number of hydrogen-bond acceptors (Lipinski definition) is 3. The highest BCUT2D eigenvalue weighted by Gasteiger charge is 2.22. The van der Waals surface area contributed by atoms with E-state index in [2.05, 4.69) is 5.32 Å². The van der Waals surface area contributed by atoms with Gasteiger partial charge in [0.1, 0.15) is 5.82 Å². The minimum absolute atomic E-state index is 0.0109. The van der Waals surface area contributed by atoms with Gasteiger partial charge in [0.2, 0.25) is 5.91 Å². The summed E-state index contributed by atoms with van der Waals surface area (Å²) >= 11 is 1.71. The Morgan fingerprint density at radius 3 is 3.20 bits per heavy atom. The van der Waals surface area contributed by atoms with Crippen molar-refractivity contribution in [2.24, 2.45) is 0 Å². The first-order valence-corrected chi connectivity index (χ1v) is 7.98. The maximum atomic E-state index is 13.4. The van der Waals surface area contributed by atoms with E-state index in [1.54, 1.807) is 17.8 Å². The SMILES string of the molecule is CCOCCCC(=O)N[C@H]1CCSc2ccc(F)cc21. The van der Waals surface area contributed by atoms with E-state index in [9.17, 15) is 9.18 Å². The van der Waals surface area contributed by atoms with Gasteiger partial charge >= 0.3 is 0 Å². The lowest BCUT2D eigenvalue weighted by atomic mass is 10.0. The van der Waals surface area contributed by atoms with E-state index in [4.69, 9.17) is 4.74 Å². The standard InChI is InChI=1S/C15H20FNO2S/c1-2-19-8-3-4-15(18)17-13-7-9-20-14-6-5-11(16)10-12(13)14/h5-6,10,13H,2-4,7-9H2,1H3,(H,17,18)/t13-/m0/s1. The summed E-state index contributed by atoms with van der Waals surface area (Å²) in [6.07, 6.45) is 2.02. The fourth-order valence-electron chi connectivity index (χ4n) is 2.26. The lowest BCUT2D eigenvalue weighted by Crippen LogP contribution is -2.30. The predicted octanol–water partition coefficient (Wildman–Crippen LogP) is 3.30. The quantitative estimate of drug-likeness (QED) is 0.819. The Morgan fingerprint density at radius 2 is 2.40 bits per heavy atom. The summed E-state index contributed by atoms with van der Waals surface area (Å²) in [4.78, 5) is 13.0. The van der Waals surface area contributed by atoms with Gasteiger partial charge in [-0.05, 0) is 43.5 Å². The summed E-state index contributed by atoms with van der Waals surface area (Å²) < 4.78 is 18.6. The van der Waals surface area contributed by atoms with Gasteiger partial charge in [-0.25, -0.2) is 4.39 Å². The molecule has 0 radical (unpaired) electrons. The maximum absolute atomic E-state index is 13.4. The van der Waals surface area contributed by atoms with Crippen LogP contribution >= 0.6 is 11.8 Å². The fourth-order valence-corrected chi connectivity index (χ4v) is 3.37. The predicted molar refractivity (Wildman–Crippen MR) is 78.4 cm³/mol. The number of ether oxygens (including phenoxy) is 1. The molecule has 0 aliphatic carbocycles. The van der Waals surface area contributed by atoms with Gasteiger partial charge in [-0.3, -0.25) is 4.79 Å². The van der Waals surface area contributed by atoms with Crippen LogP contribution in [0.25, 0.3) is 0 Å². The van der Waals surface area contributed by atoms with Crippen molar-refractivity contribution in [1.29, 1.82) is 0 Å². The molecule has 0 bridgehead atoms. The molecule has 0 saturated heterocycles. The zero-order valence-electron chi connectivity index (χ0n) is 11.7. The number of halogens is 1. The molecule has 3 nitrogen and oxygen atoms in total. The highest BCUT2D eigenvalue weighted by atomic mass is 32.2. The number of nitrogens with one attached hydrogen (secondary N) is 1. The summed E-state index contributed by atoms with van der Waals surface area (Å²) in [5, 5.41) is 3.00. The highest BCUT2D eigenvalue weighted by molar-refractivity contribution is 7.99. The molecule has 110 valence electrons. The molecular formula is C15H20FNO2S. The lowest BCUT2D eigenvalue weighted by Gasteiger charge is -2.26. The first-order valence-electron chi connectivity index (χ1n) is 7.00. The highest BCUT2D eigenvalue weighted by Crippen LogP contribution is 2.36. The van der Waals surface area contributed by atoms with Crippen molar-refractivity contribution in [3.8, 4) is 0 Å². The van der Waals surface area contributed by atoms with Gasteiger partial charge in [0.15, 0.2) is 0 Å².